The summed E-state index contributed by atoms with van der Waals surface area (Å²) in [7, 11) is 0. The van der Waals surface area contributed by atoms with E-state index in [1.807, 2.05) is 20.8 Å². The molecule has 2 aliphatic carbocycles. The quantitative estimate of drug-likeness (QED) is 0.815. The van der Waals surface area contributed by atoms with E-state index in [-0.39, 0.29) is 11.6 Å². The minimum absolute atomic E-state index is 0.242. The van der Waals surface area contributed by atoms with Gasteiger partial charge in [0.25, 0.3) is 0 Å². The Hall–Kier alpha value is -0.770. The summed E-state index contributed by atoms with van der Waals surface area (Å²) < 4.78 is 5.33. The van der Waals surface area contributed by atoms with Crippen LogP contribution >= 0.6 is 0 Å². The Balaban J connectivity index is 1.95. The maximum absolute atomic E-state index is 11.9. The Morgan fingerprint density at radius 1 is 1.22 bits per heavy atom. The van der Waals surface area contributed by atoms with Crippen molar-refractivity contribution in [2.75, 3.05) is 0 Å². The molecule has 0 atom stereocenters. The molecule has 0 aromatic rings. The van der Waals surface area contributed by atoms with Crippen molar-refractivity contribution in [2.24, 2.45) is 0 Å². The standard InChI is InChI=1S/C14H25NO3/c1-12(2,3)18-11(16)15-13(6-4-5-7-13)10-14(17)8-9-14/h17H,4-10H2,1-3H3,(H,15,16). The molecule has 0 saturated heterocycles. The zero-order valence-corrected chi connectivity index (χ0v) is 11.7. The number of hydrogen-bond acceptors (Lipinski definition) is 3. The first-order chi connectivity index (χ1) is 8.22. The van der Waals surface area contributed by atoms with E-state index in [0.717, 1.165) is 38.5 Å². The third kappa shape index (κ3) is 3.61. The molecule has 18 heavy (non-hydrogen) atoms. The van der Waals surface area contributed by atoms with Crippen LogP contribution < -0.4 is 5.32 Å². The zero-order valence-electron chi connectivity index (χ0n) is 11.7. The third-order valence-corrected chi connectivity index (χ3v) is 3.82. The fraction of sp³-hybridized carbons (Fsp3) is 0.929. The van der Waals surface area contributed by atoms with Crippen molar-refractivity contribution < 1.29 is 14.6 Å². The number of amides is 1. The van der Waals surface area contributed by atoms with Crippen molar-refractivity contribution in [3.05, 3.63) is 0 Å². The first-order valence-corrected chi connectivity index (χ1v) is 6.96. The Labute approximate surface area is 109 Å². The van der Waals surface area contributed by atoms with Crippen LogP contribution in [0.5, 0.6) is 0 Å². The van der Waals surface area contributed by atoms with E-state index in [9.17, 15) is 9.90 Å². The second-order valence-corrected chi connectivity index (χ2v) is 7.02. The van der Waals surface area contributed by atoms with Crippen LogP contribution in [-0.4, -0.2) is 27.9 Å². The fourth-order valence-electron chi connectivity index (χ4n) is 2.87. The van der Waals surface area contributed by atoms with Crippen molar-refractivity contribution in [3.63, 3.8) is 0 Å². The molecular weight excluding hydrogens is 230 g/mol. The van der Waals surface area contributed by atoms with E-state index in [1.54, 1.807) is 0 Å². The maximum Gasteiger partial charge on any atom is 0.408 e. The molecule has 0 aliphatic heterocycles. The number of hydrogen-bond donors (Lipinski definition) is 2. The van der Waals surface area contributed by atoms with Crippen LogP contribution in [0, 0.1) is 0 Å². The van der Waals surface area contributed by atoms with Gasteiger partial charge in [-0.25, -0.2) is 4.79 Å². The summed E-state index contributed by atoms with van der Waals surface area (Å²) in [6, 6.07) is 0. The van der Waals surface area contributed by atoms with E-state index < -0.39 is 11.2 Å². The monoisotopic (exact) mass is 255 g/mol. The van der Waals surface area contributed by atoms with Crippen LogP contribution in [0.1, 0.15) is 65.7 Å². The van der Waals surface area contributed by atoms with Gasteiger partial charge in [0.15, 0.2) is 0 Å². The van der Waals surface area contributed by atoms with Crippen molar-refractivity contribution in [2.45, 2.75) is 82.5 Å². The Morgan fingerprint density at radius 3 is 2.22 bits per heavy atom. The molecule has 2 N–H and O–H groups in total. The Morgan fingerprint density at radius 2 is 1.78 bits per heavy atom. The van der Waals surface area contributed by atoms with Crippen LogP contribution in [0.15, 0.2) is 0 Å². The minimum atomic E-state index is -0.528. The molecule has 2 saturated carbocycles. The molecule has 0 unspecified atom stereocenters. The number of carbonyl (C=O) groups is 1. The summed E-state index contributed by atoms with van der Waals surface area (Å²) >= 11 is 0. The molecule has 0 heterocycles. The molecule has 2 fully saturated rings. The molecule has 104 valence electrons. The van der Waals surface area contributed by atoms with Gasteiger partial charge in [-0.1, -0.05) is 12.8 Å². The van der Waals surface area contributed by atoms with E-state index >= 15 is 0 Å². The van der Waals surface area contributed by atoms with Crippen molar-refractivity contribution in [3.8, 4) is 0 Å². The summed E-state index contributed by atoms with van der Waals surface area (Å²) in [5.41, 5.74) is -1.24. The molecule has 0 radical (unpaired) electrons. The SMILES string of the molecule is CC(C)(C)OC(=O)NC1(CC2(O)CC2)CCCC1. The molecule has 0 bridgehead atoms. The van der Waals surface area contributed by atoms with Gasteiger partial charge in [0.05, 0.1) is 5.60 Å². The highest BCUT2D eigenvalue weighted by atomic mass is 16.6. The molecule has 0 spiro atoms. The van der Waals surface area contributed by atoms with Crippen LogP contribution in [0.25, 0.3) is 0 Å². The van der Waals surface area contributed by atoms with Crippen LogP contribution in [-0.2, 0) is 4.74 Å². The van der Waals surface area contributed by atoms with Gasteiger partial charge in [-0.2, -0.15) is 0 Å². The molecule has 0 aromatic carbocycles. The van der Waals surface area contributed by atoms with E-state index in [2.05, 4.69) is 5.32 Å². The first kappa shape index (κ1) is 13.7. The largest absolute Gasteiger partial charge is 0.444 e. The predicted molar refractivity (Wildman–Crippen MR) is 69.4 cm³/mol. The van der Waals surface area contributed by atoms with Crippen LogP contribution in [0.3, 0.4) is 0 Å². The van der Waals surface area contributed by atoms with E-state index in [1.165, 1.54) is 0 Å². The summed E-state index contributed by atoms with van der Waals surface area (Å²) in [5.74, 6) is 0. The molecule has 2 rings (SSSR count). The number of alkyl carbamates (subject to hydrolysis) is 1. The van der Waals surface area contributed by atoms with Gasteiger partial charge in [0.2, 0.25) is 0 Å². The molecule has 4 heteroatoms. The van der Waals surface area contributed by atoms with Gasteiger partial charge < -0.3 is 15.2 Å². The highest BCUT2D eigenvalue weighted by Crippen LogP contribution is 2.46. The summed E-state index contributed by atoms with van der Waals surface area (Å²) in [6.45, 7) is 5.59. The summed E-state index contributed by atoms with van der Waals surface area (Å²) in [5, 5.41) is 13.1. The number of carbonyl (C=O) groups excluding carboxylic acids is 1. The second-order valence-electron chi connectivity index (χ2n) is 7.02. The second kappa shape index (κ2) is 4.41. The smallest absolute Gasteiger partial charge is 0.408 e. The van der Waals surface area contributed by atoms with E-state index in [0.29, 0.717) is 6.42 Å². The predicted octanol–water partition coefficient (Wildman–Crippen LogP) is 2.74. The van der Waals surface area contributed by atoms with E-state index in [4.69, 9.17) is 4.74 Å². The van der Waals surface area contributed by atoms with Gasteiger partial charge in [-0.15, -0.1) is 0 Å². The number of ether oxygens (including phenoxy) is 1. The maximum atomic E-state index is 11.9. The number of aliphatic hydroxyl groups is 1. The molecule has 0 aromatic heterocycles. The number of nitrogens with one attached hydrogen (secondary N) is 1. The highest BCUT2D eigenvalue weighted by Gasteiger charge is 2.49. The average Bonchev–Trinajstić information content (AvgIpc) is 2.71. The minimum Gasteiger partial charge on any atom is -0.444 e. The van der Waals surface area contributed by atoms with Gasteiger partial charge in [0, 0.05) is 5.54 Å². The molecule has 4 nitrogen and oxygen atoms in total. The topological polar surface area (TPSA) is 58.6 Å². The normalized spacial score (nSPS) is 24.7. The third-order valence-electron chi connectivity index (χ3n) is 3.82. The zero-order chi connectivity index (χ0) is 13.4. The first-order valence-electron chi connectivity index (χ1n) is 6.96. The van der Waals surface area contributed by atoms with Gasteiger partial charge in [-0.3, -0.25) is 0 Å². The van der Waals surface area contributed by atoms with Crippen molar-refractivity contribution >= 4 is 6.09 Å². The summed E-state index contributed by atoms with van der Waals surface area (Å²) in [6.07, 6.45) is 6.20. The number of rotatable bonds is 3. The van der Waals surface area contributed by atoms with Crippen molar-refractivity contribution in [1.29, 1.82) is 0 Å². The Bertz CT molecular complexity index is 322. The molecule has 2 aliphatic rings. The lowest BCUT2D eigenvalue weighted by Gasteiger charge is -2.33. The van der Waals surface area contributed by atoms with Crippen molar-refractivity contribution in [1.82, 2.24) is 5.32 Å². The van der Waals surface area contributed by atoms with Crippen LogP contribution in [0.2, 0.25) is 0 Å². The summed E-state index contributed by atoms with van der Waals surface area (Å²) in [4.78, 5) is 11.9. The lowest BCUT2D eigenvalue weighted by atomic mass is 9.89. The average molecular weight is 255 g/mol. The fourth-order valence-corrected chi connectivity index (χ4v) is 2.87. The highest BCUT2D eigenvalue weighted by molar-refractivity contribution is 5.69. The molecular formula is C14H25NO3. The van der Waals surface area contributed by atoms with Crippen LogP contribution in [0.4, 0.5) is 4.79 Å². The molecule has 1 amide bonds. The van der Waals surface area contributed by atoms with Gasteiger partial charge in [-0.05, 0) is 52.9 Å². The Kier molecular flexibility index (Phi) is 3.34. The van der Waals surface area contributed by atoms with Gasteiger partial charge >= 0.3 is 6.09 Å². The van der Waals surface area contributed by atoms with Gasteiger partial charge in [0.1, 0.15) is 5.60 Å². The lowest BCUT2D eigenvalue weighted by molar-refractivity contribution is 0.0381. The lowest BCUT2D eigenvalue weighted by Crippen LogP contribution is -2.50.